The number of halogens is 3. The van der Waals surface area contributed by atoms with Gasteiger partial charge in [0.1, 0.15) is 5.75 Å². The molecule has 0 radical (unpaired) electrons. The van der Waals surface area contributed by atoms with Crippen LogP contribution in [0.1, 0.15) is 23.2 Å². The van der Waals surface area contributed by atoms with E-state index in [0.717, 1.165) is 0 Å². The van der Waals surface area contributed by atoms with Crippen molar-refractivity contribution < 1.29 is 23.1 Å². The number of carbonyl (C=O) groups is 1. The number of phenols is 1. The number of likely N-dealkylation sites (tertiary alicyclic amines) is 1. The number of nitrogens with one attached hydrogen (secondary N) is 1. The van der Waals surface area contributed by atoms with Gasteiger partial charge in [0.15, 0.2) is 0 Å². The van der Waals surface area contributed by atoms with Gasteiger partial charge in [0.25, 0.3) is 5.91 Å². The average molecular weight is 302 g/mol. The van der Waals surface area contributed by atoms with Crippen molar-refractivity contribution in [3.8, 4) is 5.75 Å². The van der Waals surface area contributed by atoms with E-state index in [1.165, 1.54) is 29.2 Å². The number of amides is 1. The van der Waals surface area contributed by atoms with Gasteiger partial charge in [-0.2, -0.15) is 13.2 Å². The Balaban J connectivity index is 1.88. The molecule has 1 aliphatic rings. The second kappa shape index (κ2) is 6.34. The summed E-state index contributed by atoms with van der Waals surface area (Å²) in [6, 6.07) is 5.54. The minimum absolute atomic E-state index is 0.0257. The van der Waals surface area contributed by atoms with E-state index in [4.69, 9.17) is 0 Å². The first-order valence-electron chi connectivity index (χ1n) is 6.73. The van der Waals surface area contributed by atoms with E-state index in [9.17, 15) is 23.1 Å². The Morgan fingerprint density at radius 3 is 2.86 bits per heavy atom. The van der Waals surface area contributed by atoms with E-state index in [0.29, 0.717) is 19.4 Å². The molecule has 1 unspecified atom stereocenters. The Morgan fingerprint density at radius 2 is 2.19 bits per heavy atom. The van der Waals surface area contributed by atoms with Crippen LogP contribution in [-0.4, -0.2) is 47.8 Å². The lowest BCUT2D eigenvalue weighted by Crippen LogP contribution is -2.44. The van der Waals surface area contributed by atoms with Crippen LogP contribution in [-0.2, 0) is 0 Å². The fourth-order valence-corrected chi connectivity index (χ4v) is 2.52. The van der Waals surface area contributed by atoms with Crippen molar-refractivity contribution >= 4 is 5.91 Å². The molecule has 4 nitrogen and oxygen atoms in total. The predicted octanol–water partition coefficient (Wildman–Crippen LogP) is 2.15. The summed E-state index contributed by atoms with van der Waals surface area (Å²) >= 11 is 0. The maximum absolute atomic E-state index is 12.4. The van der Waals surface area contributed by atoms with Crippen molar-refractivity contribution in [2.75, 3.05) is 19.6 Å². The van der Waals surface area contributed by atoms with Crippen molar-refractivity contribution in [1.29, 1.82) is 0 Å². The highest BCUT2D eigenvalue weighted by Crippen LogP contribution is 2.23. The molecular formula is C14H17F3N2O2. The van der Waals surface area contributed by atoms with E-state index < -0.39 is 18.6 Å². The summed E-state index contributed by atoms with van der Waals surface area (Å²) in [5, 5.41) is 11.9. The molecule has 0 spiro atoms. The zero-order valence-electron chi connectivity index (χ0n) is 11.4. The minimum Gasteiger partial charge on any atom is -0.508 e. The summed E-state index contributed by atoms with van der Waals surface area (Å²) in [6.07, 6.45) is -2.89. The van der Waals surface area contributed by atoms with Crippen LogP contribution in [0.3, 0.4) is 0 Å². The Morgan fingerprint density at radius 1 is 1.43 bits per heavy atom. The van der Waals surface area contributed by atoms with Crippen molar-refractivity contribution in [2.45, 2.75) is 25.1 Å². The molecule has 2 N–H and O–H groups in total. The monoisotopic (exact) mass is 302 g/mol. The lowest BCUT2D eigenvalue weighted by molar-refractivity contribution is -0.147. The summed E-state index contributed by atoms with van der Waals surface area (Å²) in [6.45, 7) is -0.379. The molecule has 1 heterocycles. The summed E-state index contributed by atoms with van der Waals surface area (Å²) in [4.78, 5) is 13.2. The number of hydrogen-bond acceptors (Lipinski definition) is 3. The lowest BCUT2D eigenvalue weighted by Gasteiger charge is -2.25. The van der Waals surface area contributed by atoms with E-state index in [1.807, 2.05) is 0 Å². The number of benzene rings is 1. The maximum atomic E-state index is 12.4. The third kappa shape index (κ3) is 4.63. The summed E-state index contributed by atoms with van der Waals surface area (Å²) in [7, 11) is 0. The number of phenolic OH excluding ortho intramolecular Hbond substituents is 1. The summed E-state index contributed by atoms with van der Waals surface area (Å²) in [5.41, 5.74) is 0.287. The van der Waals surface area contributed by atoms with Gasteiger partial charge in [-0.25, -0.2) is 0 Å². The minimum atomic E-state index is -4.22. The number of carbonyl (C=O) groups excluding carboxylic acids is 1. The molecular weight excluding hydrogens is 285 g/mol. The van der Waals surface area contributed by atoms with Crippen LogP contribution < -0.4 is 5.32 Å². The molecule has 116 valence electrons. The van der Waals surface area contributed by atoms with E-state index >= 15 is 0 Å². The lowest BCUT2D eigenvalue weighted by atomic mass is 10.2. The third-order valence-electron chi connectivity index (χ3n) is 3.49. The van der Waals surface area contributed by atoms with Crippen LogP contribution in [0.4, 0.5) is 13.2 Å². The summed E-state index contributed by atoms with van der Waals surface area (Å²) < 4.78 is 37.3. The predicted molar refractivity (Wildman–Crippen MR) is 71.1 cm³/mol. The highest BCUT2D eigenvalue weighted by Gasteiger charge is 2.36. The molecule has 1 aliphatic heterocycles. The van der Waals surface area contributed by atoms with Crippen molar-refractivity contribution in [2.24, 2.45) is 0 Å². The van der Waals surface area contributed by atoms with Gasteiger partial charge >= 0.3 is 6.18 Å². The maximum Gasteiger partial charge on any atom is 0.401 e. The van der Waals surface area contributed by atoms with E-state index in [-0.39, 0.29) is 23.9 Å². The molecule has 0 bridgehead atoms. The van der Waals surface area contributed by atoms with Crippen LogP contribution >= 0.6 is 0 Å². The summed E-state index contributed by atoms with van der Waals surface area (Å²) in [5.74, 6) is -0.424. The first kappa shape index (κ1) is 15.6. The van der Waals surface area contributed by atoms with Crippen LogP contribution in [0.2, 0.25) is 0 Å². The van der Waals surface area contributed by atoms with Crippen LogP contribution in [0.5, 0.6) is 5.75 Å². The molecule has 7 heteroatoms. The molecule has 1 amide bonds. The largest absolute Gasteiger partial charge is 0.508 e. The molecule has 0 saturated carbocycles. The number of aromatic hydroxyl groups is 1. The van der Waals surface area contributed by atoms with Gasteiger partial charge in [0.05, 0.1) is 6.54 Å². The quantitative estimate of drug-likeness (QED) is 0.896. The van der Waals surface area contributed by atoms with Gasteiger partial charge < -0.3 is 10.4 Å². The SMILES string of the molecule is O=C(NCC1CCCN1CC(F)(F)F)c1cccc(O)c1. The first-order chi connectivity index (χ1) is 9.85. The van der Waals surface area contributed by atoms with Gasteiger partial charge in [0.2, 0.25) is 0 Å². The Bertz CT molecular complexity index is 505. The normalized spacial score (nSPS) is 19.7. The second-order valence-corrected chi connectivity index (χ2v) is 5.14. The van der Waals surface area contributed by atoms with E-state index in [2.05, 4.69) is 5.32 Å². The van der Waals surface area contributed by atoms with Gasteiger partial charge in [-0.05, 0) is 37.6 Å². The van der Waals surface area contributed by atoms with Crippen LogP contribution in [0.15, 0.2) is 24.3 Å². The zero-order chi connectivity index (χ0) is 15.5. The van der Waals surface area contributed by atoms with Crippen LogP contribution in [0, 0.1) is 0 Å². The van der Waals surface area contributed by atoms with Crippen LogP contribution in [0.25, 0.3) is 0 Å². The van der Waals surface area contributed by atoms with Crippen molar-refractivity contribution in [3.05, 3.63) is 29.8 Å². The van der Waals surface area contributed by atoms with Crippen molar-refractivity contribution in [1.82, 2.24) is 10.2 Å². The van der Waals surface area contributed by atoms with Gasteiger partial charge in [-0.1, -0.05) is 6.07 Å². The smallest absolute Gasteiger partial charge is 0.401 e. The topological polar surface area (TPSA) is 52.6 Å². The molecule has 0 aliphatic carbocycles. The molecule has 1 atom stereocenters. The Hall–Kier alpha value is -1.76. The van der Waals surface area contributed by atoms with E-state index in [1.54, 1.807) is 0 Å². The zero-order valence-corrected chi connectivity index (χ0v) is 11.4. The molecule has 21 heavy (non-hydrogen) atoms. The first-order valence-corrected chi connectivity index (χ1v) is 6.73. The number of alkyl halides is 3. The number of rotatable bonds is 4. The Kier molecular flexibility index (Phi) is 4.72. The highest BCUT2D eigenvalue weighted by atomic mass is 19.4. The van der Waals surface area contributed by atoms with Gasteiger partial charge in [-0.15, -0.1) is 0 Å². The molecule has 2 rings (SSSR count). The molecule has 1 aromatic carbocycles. The fourth-order valence-electron chi connectivity index (χ4n) is 2.52. The number of nitrogens with zero attached hydrogens (tertiary/aromatic N) is 1. The standard InChI is InChI=1S/C14H17F3N2O2/c15-14(16,17)9-19-6-2-4-11(19)8-18-13(21)10-3-1-5-12(20)7-10/h1,3,5,7,11,20H,2,4,6,8-9H2,(H,18,21). The van der Waals surface area contributed by atoms with Crippen molar-refractivity contribution in [3.63, 3.8) is 0 Å². The third-order valence-corrected chi connectivity index (χ3v) is 3.49. The van der Waals surface area contributed by atoms with Gasteiger partial charge in [0, 0.05) is 18.2 Å². The average Bonchev–Trinajstić information content (AvgIpc) is 2.81. The Labute approximate surface area is 120 Å². The molecule has 0 aromatic heterocycles. The van der Waals surface area contributed by atoms with Gasteiger partial charge in [-0.3, -0.25) is 9.69 Å². The highest BCUT2D eigenvalue weighted by molar-refractivity contribution is 5.94. The molecule has 1 aromatic rings. The second-order valence-electron chi connectivity index (χ2n) is 5.14. The molecule has 1 fully saturated rings. The fraction of sp³-hybridized carbons (Fsp3) is 0.500. The molecule has 1 saturated heterocycles. The number of hydrogen-bond donors (Lipinski definition) is 2.